The quantitative estimate of drug-likeness (QED) is 0.689. The molecule has 2 nitrogen and oxygen atoms in total. The molecule has 0 radical (unpaired) electrons. The van der Waals surface area contributed by atoms with Gasteiger partial charge in [-0.05, 0) is 31.4 Å². The smallest absolute Gasteiger partial charge is 0.141 e. The summed E-state index contributed by atoms with van der Waals surface area (Å²) in [6, 6.07) is 2.88. The van der Waals surface area contributed by atoms with E-state index >= 15 is 0 Å². The number of hydrogen-bond acceptors (Lipinski definition) is 2. The van der Waals surface area contributed by atoms with Gasteiger partial charge in [-0.3, -0.25) is 4.98 Å². The lowest BCUT2D eigenvalue weighted by Crippen LogP contribution is -2.34. The second-order valence-electron chi connectivity index (χ2n) is 3.25. The molecule has 1 heterocycles. The van der Waals surface area contributed by atoms with Gasteiger partial charge in [-0.2, -0.15) is 0 Å². The third-order valence-corrected chi connectivity index (χ3v) is 2.38. The molecule has 12 heavy (non-hydrogen) atoms. The van der Waals surface area contributed by atoms with Crippen molar-refractivity contribution in [3.05, 3.63) is 29.8 Å². The van der Waals surface area contributed by atoms with Crippen LogP contribution >= 0.6 is 0 Å². The summed E-state index contributed by atoms with van der Waals surface area (Å²) < 4.78 is 12.5. The molecule has 1 N–H and O–H groups in total. The van der Waals surface area contributed by atoms with E-state index in [-0.39, 0.29) is 5.82 Å². The van der Waals surface area contributed by atoms with Crippen LogP contribution in [0, 0.1) is 5.82 Å². The predicted molar refractivity (Wildman–Crippen MR) is 41.9 cm³/mol. The summed E-state index contributed by atoms with van der Waals surface area (Å²) in [7, 11) is 0. The predicted octanol–water partition coefficient (Wildman–Crippen LogP) is 1.59. The normalized spacial score (nSPS) is 20.2. The van der Waals surface area contributed by atoms with E-state index in [0.717, 1.165) is 25.5 Å². The van der Waals surface area contributed by atoms with Crippen LogP contribution in [0.3, 0.4) is 0 Å². The fourth-order valence-corrected chi connectivity index (χ4v) is 1.42. The molecule has 0 amide bonds. The number of aliphatic hydroxyl groups is 1. The Morgan fingerprint density at radius 3 is 2.58 bits per heavy atom. The Morgan fingerprint density at radius 1 is 1.42 bits per heavy atom. The number of rotatable bonds is 1. The van der Waals surface area contributed by atoms with Crippen LogP contribution in [0.4, 0.5) is 4.39 Å². The van der Waals surface area contributed by atoms with Gasteiger partial charge in [0.25, 0.3) is 0 Å². The summed E-state index contributed by atoms with van der Waals surface area (Å²) in [6.07, 6.45) is 3.65. The van der Waals surface area contributed by atoms with Gasteiger partial charge in [-0.15, -0.1) is 0 Å². The van der Waals surface area contributed by atoms with Gasteiger partial charge in [0.2, 0.25) is 0 Å². The van der Waals surface area contributed by atoms with Crippen molar-refractivity contribution in [2.45, 2.75) is 24.9 Å². The van der Waals surface area contributed by atoms with Crippen LogP contribution in [-0.4, -0.2) is 10.1 Å². The highest BCUT2D eigenvalue weighted by molar-refractivity contribution is 5.16. The highest BCUT2D eigenvalue weighted by Crippen LogP contribution is 2.39. The SMILES string of the molecule is OC1(c2ccc(F)cn2)CCC1. The zero-order valence-corrected chi connectivity index (χ0v) is 6.63. The van der Waals surface area contributed by atoms with E-state index in [1.165, 1.54) is 6.07 Å². The molecule has 0 aliphatic heterocycles. The second-order valence-corrected chi connectivity index (χ2v) is 3.25. The molecular formula is C9H10FNO. The van der Waals surface area contributed by atoms with Crippen LogP contribution < -0.4 is 0 Å². The van der Waals surface area contributed by atoms with Crippen molar-refractivity contribution in [1.82, 2.24) is 4.98 Å². The van der Waals surface area contributed by atoms with Crippen molar-refractivity contribution in [2.75, 3.05) is 0 Å². The summed E-state index contributed by atoms with van der Waals surface area (Å²) in [5.41, 5.74) is -0.177. The average molecular weight is 167 g/mol. The third kappa shape index (κ3) is 1.10. The lowest BCUT2D eigenvalue weighted by Gasteiger charge is -2.35. The maximum atomic E-state index is 12.5. The van der Waals surface area contributed by atoms with Crippen molar-refractivity contribution >= 4 is 0 Å². The number of aromatic nitrogens is 1. The monoisotopic (exact) mass is 167 g/mol. The Kier molecular flexibility index (Phi) is 1.61. The summed E-state index contributed by atoms with van der Waals surface area (Å²) in [6.45, 7) is 0. The zero-order valence-electron chi connectivity index (χ0n) is 6.63. The van der Waals surface area contributed by atoms with E-state index in [9.17, 15) is 9.50 Å². The molecule has 0 bridgehead atoms. The molecule has 1 aliphatic carbocycles. The molecule has 2 rings (SSSR count). The second kappa shape index (κ2) is 2.52. The molecule has 3 heteroatoms. The molecule has 64 valence electrons. The topological polar surface area (TPSA) is 33.1 Å². The fraction of sp³-hybridized carbons (Fsp3) is 0.444. The molecule has 0 saturated heterocycles. The van der Waals surface area contributed by atoms with E-state index in [4.69, 9.17) is 0 Å². The van der Waals surface area contributed by atoms with Gasteiger partial charge in [-0.25, -0.2) is 4.39 Å². The summed E-state index contributed by atoms with van der Waals surface area (Å²) in [5.74, 6) is -0.360. The first-order valence-corrected chi connectivity index (χ1v) is 4.05. The highest BCUT2D eigenvalue weighted by atomic mass is 19.1. The van der Waals surface area contributed by atoms with Crippen LogP contribution in [0.15, 0.2) is 18.3 Å². The van der Waals surface area contributed by atoms with Gasteiger partial charge in [0.15, 0.2) is 0 Å². The Hall–Kier alpha value is -0.960. The highest BCUT2D eigenvalue weighted by Gasteiger charge is 2.37. The van der Waals surface area contributed by atoms with Crippen molar-refractivity contribution < 1.29 is 9.50 Å². The third-order valence-electron chi connectivity index (χ3n) is 2.38. The molecule has 1 aliphatic rings. The summed E-state index contributed by atoms with van der Waals surface area (Å²) in [5, 5.41) is 9.79. The van der Waals surface area contributed by atoms with E-state index in [1.54, 1.807) is 6.07 Å². The Bertz CT molecular complexity index is 279. The standard InChI is InChI=1S/C9H10FNO/c10-7-2-3-8(11-6-7)9(12)4-1-5-9/h2-3,6,12H,1,4-5H2. The number of pyridine rings is 1. The van der Waals surface area contributed by atoms with E-state index in [2.05, 4.69) is 4.98 Å². The molecule has 1 saturated carbocycles. The maximum absolute atomic E-state index is 12.5. The van der Waals surface area contributed by atoms with Crippen LogP contribution in [0.1, 0.15) is 25.0 Å². The number of halogens is 1. The molecular weight excluding hydrogens is 157 g/mol. The average Bonchev–Trinajstić information content (AvgIpc) is 2.02. The zero-order chi connectivity index (χ0) is 8.60. The summed E-state index contributed by atoms with van der Waals surface area (Å²) >= 11 is 0. The first-order valence-electron chi connectivity index (χ1n) is 4.05. The van der Waals surface area contributed by atoms with Gasteiger partial charge in [-0.1, -0.05) is 0 Å². The fourth-order valence-electron chi connectivity index (χ4n) is 1.42. The first kappa shape index (κ1) is 7.68. The molecule has 1 aromatic heterocycles. The van der Waals surface area contributed by atoms with Crippen molar-refractivity contribution in [2.24, 2.45) is 0 Å². The molecule has 1 aromatic rings. The molecule has 0 atom stereocenters. The molecule has 0 unspecified atom stereocenters. The van der Waals surface area contributed by atoms with E-state index in [1.807, 2.05) is 0 Å². The van der Waals surface area contributed by atoms with Gasteiger partial charge in [0, 0.05) is 0 Å². The van der Waals surface area contributed by atoms with Gasteiger partial charge in [0.1, 0.15) is 11.4 Å². The lowest BCUT2D eigenvalue weighted by molar-refractivity contribution is -0.0427. The van der Waals surface area contributed by atoms with Crippen molar-refractivity contribution in [3.8, 4) is 0 Å². The van der Waals surface area contributed by atoms with Crippen molar-refractivity contribution in [3.63, 3.8) is 0 Å². The first-order chi connectivity index (χ1) is 5.71. The molecule has 0 aromatic carbocycles. The minimum Gasteiger partial charge on any atom is -0.384 e. The van der Waals surface area contributed by atoms with Gasteiger partial charge >= 0.3 is 0 Å². The number of nitrogens with zero attached hydrogens (tertiary/aromatic N) is 1. The van der Waals surface area contributed by atoms with E-state index in [0.29, 0.717) is 5.69 Å². The molecule has 1 fully saturated rings. The largest absolute Gasteiger partial charge is 0.384 e. The number of hydrogen-bond donors (Lipinski definition) is 1. The van der Waals surface area contributed by atoms with E-state index < -0.39 is 5.60 Å². The van der Waals surface area contributed by atoms with Crippen LogP contribution in [0.2, 0.25) is 0 Å². The maximum Gasteiger partial charge on any atom is 0.141 e. The summed E-state index contributed by atoms with van der Waals surface area (Å²) in [4.78, 5) is 3.85. The van der Waals surface area contributed by atoms with Gasteiger partial charge in [0.05, 0.1) is 11.9 Å². The van der Waals surface area contributed by atoms with Crippen LogP contribution in [-0.2, 0) is 5.60 Å². The minimum absolute atomic E-state index is 0.360. The Balaban J connectivity index is 2.28. The Labute approximate surface area is 70.1 Å². The van der Waals surface area contributed by atoms with Gasteiger partial charge < -0.3 is 5.11 Å². The minimum atomic E-state index is -0.770. The van der Waals surface area contributed by atoms with Crippen molar-refractivity contribution in [1.29, 1.82) is 0 Å². The molecule has 0 spiro atoms. The Morgan fingerprint density at radius 2 is 2.17 bits per heavy atom. The lowest BCUT2D eigenvalue weighted by atomic mass is 9.77. The van der Waals surface area contributed by atoms with Crippen LogP contribution in [0.5, 0.6) is 0 Å². The van der Waals surface area contributed by atoms with Crippen LogP contribution in [0.25, 0.3) is 0 Å².